The average molecular weight is 434 g/mol. The zero-order valence-electron chi connectivity index (χ0n) is 15.8. The number of piperidine rings is 1. The van der Waals surface area contributed by atoms with E-state index in [1.54, 1.807) is 38.6 Å². The summed E-state index contributed by atoms with van der Waals surface area (Å²) in [6.07, 6.45) is 3.55. The first kappa shape index (κ1) is 19.5. The first-order valence-electron chi connectivity index (χ1n) is 8.91. The highest BCUT2D eigenvalue weighted by molar-refractivity contribution is 9.10. The predicted octanol–water partition coefficient (Wildman–Crippen LogP) is 3.89. The maximum absolute atomic E-state index is 12.9. The highest BCUT2D eigenvalue weighted by atomic mass is 79.9. The smallest absolute Gasteiger partial charge is 0.257 e. The molecule has 1 fully saturated rings. The van der Waals surface area contributed by atoms with E-state index in [0.29, 0.717) is 36.2 Å². The van der Waals surface area contributed by atoms with E-state index in [2.05, 4.69) is 26.2 Å². The Balaban J connectivity index is 1.62. The molecule has 0 spiro atoms. The van der Waals surface area contributed by atoms with E-state index in [1.807, 2.05) is 17.9 Å². The number of halogens is 1. The van der Waals surface area contributed by atoms with E-state index in [-0.39, 0.29) is 5.91 Å². The minimum atomic E-state index is -0.00843. The lowest BCUT2D eigenvalue weighted by atomic mass is 10.0. The van der Waals surface area contributed by atoms with Gasteiger partial charge in [0, 0.05) is 35.9 Å². The molecule has 0 aliphatic carbocycles. The van der Waals surface area contributed by atoms with E-state index in [9.17, 15) is 4.79 Å². The van der Waals surface area contributed by atoms with Crippen LogP contribution in [0.15, 0.2) is 34.9 Å². The summed E-state index contributed by atoms with van der Waals surface area (Å²) < 4.78 is 11.5. The molecule has 2 aromatic rings. The molecular formula is C20H24BrN3O3. The molecule has 1 aliphatic heterocycles. The van der Waals surface area contributed by atoms with Gasteiger partial charge in [0.05, 0.1) is 19.8 Å². The third-order valence-corrected chi connectivity index (χ3v) is 5.24. The number of benzene rings is 1. The number of pyridine rings is 1. The lowest BCUT2D eigenvalue weighted by molar-refractivity contribution is 0.0715. The first-order valence-corrected chi connectivity index (χ1v) is 9.71. The summed E-state index contributed by atoms with van der Waals surface area (Å²) in [7, 11) is 3.16. The topological polar surface area (TPSA) is 63.7 Å². The fourth-order valence-electron chi connectivity index (χ4n) is 3.26. The van der Waals surface area contributed by atoms with E-state index in [1.165, 1.54) is 0 Å². The van der Waals surface area contributed by atoms with Gasteiger partial charge in [-0.25, -0.2) is 4.98 Å². The Morgan fingerprint density at radius 1 is 1.22 bits per heavy atom. The number of rotatable bonds is 5. The molecule has 0 atom stereocenters. The Bertz CT molecular complexity index is 820. The van der Waals surface area contributed by atoms with Gasteiger partial charge >= 0.3 is 0 Å². The summed E-state index contributed by atoms with van der Waals surface area (Å²) in [6.45, 7) is 3.43. The quantitative estimate of drug-likeness (QED) is 0.774. The van der Waals surface area contributed by atoms with Gasteiger partial charge in [-0.2, -0.15) is 0 Å². The second-order valence-electron chi connectivity index (χ2n) is 6.60. The van der Waals surface area contributed by atoms with Crippen molar-refractivity contribution in [1.82, 2.24) is 9.88 Å². The lowest BCUT2D eigenvalue weighted by Crippen LogP contribution is -2.42. The van der Waals surface area contributed by atoms with Crippen LogP contribution >= 0.6 is 15.9 Å². The number of amides is 1. The largest absolute Gasteiger partial charge is 0.497 e. The highest BCUT2D eigenvalue weighted by Crippen LogP contribution is 2.27. The summed E-state index contributed by atoms with van der Waals surface area (Å²) in [5, 5.41) is 3.50. The van der Waals surface area contributed by atoms with E-state index in [4.69, 9.17) is 9.47 Å². The number of carbonyl (C=O) groups is 1. The second-order valence-corrected chi connectivity index (χ2v) is 7.51. The molecule has 1 aliphatic rings. The van der Waals surface area contributed by atoms with Crippen molar-refractivity contribution in [3.05, 3.63) is 46.1 Å². The van der Waals surface area contributed by atoms with Gasteiger partial charge in [-0.05, 0) is 59.5 Å². The van der Waals surface area contributed by atoms with Crippen LogP contribution in [-0.4, -0.2) is 49.1 Å². The van der Waals surface area contributed by atoms with Crippen LogP contribution < -0.4 is 14.8 Å². The van der Waals surface area contributed by atoms with Crippen LogP contribution in [0, 0.1) is 6.92 Å². The molecule has 7 heteroatoms. The maximum atomic E-state index is 12.9. The minimum Gasteiger partial charge on any atom is -0.497 e. The van der Waals surface area contributed by atoms with Gasteiger partial charge in [-0.1, -0.05) is 0 Å². The van der Waals surface area contributed by atoms with Gasteiger partial charge in [0.15, 0.2) is 0 Å². The molecule has 1 aromatic carbocycles. The number of nitrogens with zero attached hydrogens (tertiary/aromatic N) is 2. The van der Waals surface area contributed by atoms with Gasteiger partial charge in [-0.15, -0.1) is 0 Å². The molecule has 1 saturated heterocycles. The number of aryl methyl sites for hydroxylation is 1. The number of aromatic nitrogens is 1. The van der Waals surface area contributed by atoms with Crippen molar-refractivity contribution < 1.29 is 14.3 Å². The molecular weight excluding hydrogens is 410 g/mol. The van der Waals surface area contributed by atoms with Crippen LogP contribution in [0.4, 0.5) is 5.82 Å². The minimum absolute atomic E-state index is 0.00843. The van der Waals surface area contributed by atoms with Crippen molar-refractivity contribution >= 4 is 27.7 Å². The number of hydrogen-bond donors (Lipinski definition) is 1. The molecule has 27 heavy (non-hydrogen) atoms. The van der Waals surface area contributed by atoms with Gasteiger partial charge in [0.25, 0.3) is 5.91 Å². The molecule has 1 aromatic heterocycles. The Morgan fingerprint density at radius 3 is 2.59 bits per heavy atom. The van der Waals surface area contributed by atoms with E-state index in [0.717, 1.165) is 28.7 Å². The number of anilines is 1. The van der Waals surface area contributed by atoms with Crippen LogP contribution in [0.25, 0.3) is 0 Å². The average Bonchev–Trinajstić information content (AvgIpc) is 2.69. The summed E-state index contributed by atoms with van der Waals surface area (Å²) >= 11 is 3.44. The van der Waals surface area contributed by atoms with Crippen molar-refractivity contribution in [2.24, 2.45) is 0 Å². The molecule has 6 nitrogen and oxygen atoms in total. The van der Waals surface area contributed by atoms with Gasteiger partial charge in [0.2, 0.25) is 0 Å². The molecule has 2 heterocycles. The normalized spacial score (nSPS) is 14.7. The number of methoxy groups -OCH3 is 2. The fourth-order valence-corrected chi connectivity index (χ4v) is 3.70. The maximum Gasteiger partial charge on any atom is 0.257 e. The van der Waals surface area contributed by atoms with Crippen molar-refractivity contribution in [2.75, 3.05) is 32.6 Å². The Kier molecular flexibility index (Phi) is 6.21. The van der Waals surface area contributed by atoms with Gasteiger partial charge < -0.3 is 19.7 Å². The molecule has 1 N–H and O–H groups in total. The van der Waals surface area contributed by atoms with Crippen LogP contribution in [0.2, 0.25) is 0 Å². The van der Waals surface area contributed by atoms with Gasteiger partial charge in [-0.3, -0.25) is 4.79 Å². The summed E-state index contributed by atoms with van der Waals surface area (Å²) in [4.78, 5) is 19.2. The van der Waals surface area contributed by atoms with Crippen molar-refractivity contribution in [3.8, 4) is 11.5 Å². The number of hydrogen-bond acceptors (Lipinski definition) is 5. The van der Waals surface area contributed by atoms with Crippen molar-refractivity contribution in [3.63, 3.8) is 0 Å². The molecule has 0 radical (unpaired) electrons. The summed E-state index contributed by atoms with van der Waals surface area (Å²) in [6, 6.07) is 7.64. The monoisotopic (exact) mass is 433 g/mol. The zero-order chi connectivity index (χ0) is 19.4. The molecule has 3 rings (SSSR count). The Labute approximate surface area is 168 Å². The highest BCUT2D eigenvalue weighted by Gasteiger charge is 2.26. The number of carbonyl (C=O) groups excluding carboxylic acids is 1. The Morgan fingerprint density at radius 2 is 1.96 bits per heavy atom. The first-order chi connectivity index (χ1) is 13.0. The summed E-state index contributed by atoms with van der Waals surface area (Å²) in [5.41, 5.74) is 1.67. The fraction of sp³-hybridized carbons (Fsp3) is 0.400. The molecule has 1 amide bonds. The number of nitrogens with one attached hydrogen (secondary N) is 1. The zero-order valence-corrected chi connectivity index (χ0v) is 17.4. The van der Waals surface area contributed by atoms with E-state index < -0.39 is 0 Å². The number of ether oxygens (including phenoxy) is 2. The predicted molar refractivity (Wildman–Crippen MR) is 109 cm³/mol. The van der Waals surface area contributed by atoms with Crippen LogP contribution in [0.5, 0.6) is 11.5 Å². The second kappa shape index (κ2) is 8.61. The van der Waals surface area contributed by atoms with Crippen molar-refractivity contribution in [2.45, 2.75) is 25.8 Å². The molecule has 144 valence electrons. The van der Waals surface area contributed by atoms with Crippen molar-refractivity contribution in [1.29, 1.82) is 0 Å². The van der Waals surface area contributed by atoms with Gasteiger partial charge in [0.1, 0.15) is 17.3 Å². The standard InChI is InChI=1S/C20H24BrN3O3/c1-13-10-14(21)12-22-19(13)23-15-6-8-24(9-7-15)20(25)17-5-4-16(26-2)11-18(17)27-3/h4-5,10-12,15H,6-9H2,1-3H3,(H,22,23). The van der Waals surface area contributed by atoms with E-state index >= 15 is 0 Å². The molecule has 0 unspecified atom stereocenters. The Hall–Kier alpha value is -2.28. The molecule has 0 saturated carbocycles. The SMILES string of the molecule is COc1ccc(C(=O)N2CCC(Nc3ncc(Br)cc3C)CC2)c(OC)c1. The van der Waals surface area contributed by atoms with Crippen LogP contribution in [-0.2, 0) is 0 Å². The third kappa shape index (κ3) is 4.53. The molecule has 0 bridgehead atoms. The number of likely N-dealkylation sites (tertiary alicyclic amines) is 1. The van der Waals surface area contributed by atoms with Crippen LogP contribution in [0.1, 0.15) is 28.8 Å². The summed E-state index contributed by atoms with van der Waals surface area (Å²) in [5.74, 6) is 2.10. The lowest BCUT2D eigenvalue weighted by Gasteiger charge is -2.33. The third-order valence-electron chi connectivity index (χ3n) is 4.81. The van der Waals surface area contributed by atoms with Crippen LogP contribution in [0.3, 0.4) is 0 Å².